The van der Waals surface area contributed by atoms with Gasteiger partial charge in [0.05, 0.1) is 12.3 Å². The molecule has 0 fully saturated rings. The Bertz CT molecular complexity index is 1440. The normalized spacial score (nSPS) is 10.9. The number of hydrogen-bond donors (Lipinski definition) is 2. The third-order valence-corrected chi connectivity index (χ3v) is 6.36. The lowest BCUT2D eigenvalue weighted by Gasteiger charge is -2.16. The maximum atomic E-state index is 11.8. The molecule has 0 atom stereocenters. The standard InChI is InChI=1S/C30H35N5O4/c1-4-6-12-26-25(29(33-20(3)32-26)38-18-9-13-27(36)31-5-2)19-21-14-16-22(17-15-21)23-10-7-8-11-24(23)28-34-30(37)39-35-28/h7-8,10-11,14-17H,4-6,9,12-13,18-19H2,1-3H3,(H,31,36)(H,34,35,37). The molecule has 0 radical (unpaired) electrons. The average molecular weight is 530 g/mol. The molecule has 39 heavy (non-hydrogen) atoms. The Morgan fingerprint density at radius 2 is 1.79 bits per heavy atom. The highest BCUT2D eigenvalue weighted by Crippen LogP contribution is 2.31. The van der Waals surface area contributed by atoms with Gasteiger partial charge in [-0.15, -0.1) is 0 Å². The fourth-order valence-electron chi connectivity index (χ4n) is 4.45. The number of amides is 1. The number of aromatic amines is 1. The Morgan fingerprint density at radius 1 is 1.03 bits per heavy atom. The van der Waals surface area contributed by atoms with E-state index in [2.05, 4.69) is 51.6 Å². The minimum Gasteiger partial charge on any atom is -0.477 e. The molecular formula is C30H35N5O4. The highest BCUT2D eigenvalue weighted by molar-refractivity contribution is 5.80. The predicted molar refractivity (Wildman–Crippen MR) is 150 cm³/mol. The van der Waals surface area contributed by atoms with Crippen molar-refractivity contribution in [2.24, 2.45) is 0 Å². The highest BCUT2D eigenvalue weighted by atomic mass is 16.5. The van der Waals surface area contributed by atoms with Crippen molar-refractivity contribution in [3.63, 3.8) is 0 Å². The van der Waals surface area contributed by atoms with Gasteiger partial charge in [0.25, 0.3) is 0 Å². The van der Waals surface area contributed by atoms with Crippen LogP contribution in [0.15, 0.2) is 57.8 Å². The number of nitrogens with zero attached hydrogens (tertiary/aromatic N) is 3. The topological polar surface area (TPSA) is 123 Å². The molecule has 4 aromatic rings. The molecule has 9 heteroatoms. The van der Waals surface area contributed by atoms with E-state index < -0.39 is 5.76 Å². The number of nitrogens with one attached hydrogen (secondary N) is 2. The van der Waals surface area contributed by atoms with Crippen molar-refractivity contribution in [1.29, 1.82) is 0 Å². The molecule has 9 nitrogen and oxygen atoms in total. The lowest BCUT2D eigenvalue weighted by atomic mass is 9.96. The van der Waals surface area contributed by atoms with Crippen LogP contribution in [0.5, 0.6) is 5.88 Å². The van der Waals surface area contributed by atoms with E-state index in [4.69, 9.17) is 14.2 Å². The second-order valence-electron chi connectivity index (χ2n) is 9.37. The van der Waals surface area contributed by atoms with Gasteiger partial charge in [-0.05, 0) is 49.8 Å². The molecule has 0 aliphatic rings. The van der Waals surface area contributed by atoms with Gasteiger partial charge in [0.1, 0.15) is 5.82 Å². The third-order valence-electron chi connectivity index (χ3n) is 6.36. The van der Waals surface area contributed by atoms with Crippen LogP contribution in [-0.4, -0.2) is 39.2 Å². The molecule has 1 amide bonds. The van der Waals surface area contributed by atoms with Crippen molar-refractivity contribution >= 4 is 5.91 Å². The van der Waals surface area contributed by atoms with Crippen molar-refractivity contribution < 1.29 is 14.1 Å². The van der Waals surface area contributed by atoms with Gasteiger partial charge in [-0.1, -0.05) is 67.0 Å². The van der Waals surface area contributed by atoms with E-state index in [1.165, 1.54) is 0 Å². The first kappa shape index (κ1) is 27.8. The zero-order valence-electron chi connectivity index (χ0n) is 22.8. The van der Waals surface area contributed by atoms with Crippen molar-refractivity contribution in [2.75, 3.05) is 13.2 Å². The summed E-state index contributed by atoms with van der Waals surface area (Å²) in [5, 5.41) is 6.67. The zero-order chi connectivity index (χ0) is 27.6. The number of rotatable bonds is 13. The van der Waals surface area contributed by atoms with Crippen LogP contribution < -0.4 is 15.8 Å². The molecule has 0 unspecified atom stereocenters. The highest BCUT2D eigenvalue weighted by Gasteiger charge is 2.16. The number of aromatic nitrogens is 4. The number of unbranched alkanes of at least 4 members (excludes halogenated alkanes) is 1. The van der Waals surface area contributed by atoms with E-state index in [0.29, 0.717) is 49.9 Å². The Balaban J connectivity index is 1.57. The Morgan fingerprint density at radius 3 is 2.49 bits per heavy atom. The van der Waals surface area contributed by atoms with Crippen LogP contribution in [0.3, 0.4) is 0 Å². The van der Waals surface area contributed by atoms with E-state index in [1.54, 1.807) is 0 Å². The van der Waals surface area contributed by atoms with Crippen molar-refractivity contribution in [3.8, 4) is 28.4 Å². The van der Waals surface area contributed by atoms with Gasteiger partial charge in [-0.3, -0.25) is 14.3 Å². The van der Waals surface area contributed by atoms with Crippen LogP contribution in [0, 0.1) is 6.92 Å². The first-order chi connectivity index (χ1) is 19.0. The van der Waals surface area contributed by atoms with E-state index in [-0.39, 0.29) is 5.91 Å². The van der Waals surface area contributed by atoms with Crippen LogP contribution in [0.2, 0.25) is 0 Å². The van der Waals surface area contributed by atoms with Crippen LogP contribution in [0.4, 0.5) is 0 Å². The monoisotopic (exact) mass is 529 g/mol. The molecule has 0 saturated heterocycles. The van der Waals surface area contributed by atoms with Gasteiger partial charge < -0.3 is 10.1 Å². The summed E-state index contributed by atoms with van der Waals surface area (Å²) in [6.07, 6.45) is 4.61. The largest absolute Gasteiger partial charge is 0.477 e. The minimum atomic E-state index is -0.586. The molecular weight excluding hydrogens is 494 g/mol. The summed E-state index contributed by atoms with van der Waals surface area (Å²) in [4.78, 5) is 35.3. The van der Waals surface area contributed by atoms with Crippen LogP contribution >= 0.6 is 0 Å². The Kier molecular flexibility index (Phi) is 9.61. The summed E-state index contributed by atoms with van der Waals surface area (Å²) in [6.45, 7) is 6.99. The van der Waals surface area contributed by atoms with Crippen LogP contribution in [-0.2, 0) is 17.6 Å². The molecule has 0 saturated carbocycles. The molecule has 2 aromatic heterocycles. The summed E-state index contributed by atoms with van der Waals surface area (Å²) >= 11 is 0. The quantitative estimate of drug-likeness (QED) is 0.233. The van der Waals surface area contributed by atoms with E-state index >= 15 is 0 Å². The maximum absolute atomic E-state index is 11.8. The lowest BCUT2D eigenvalue weighted by molar-refractivity contribution is -0.121. The van der Waals surface area contributed by atoms with Gasteiger partial charge in [-0.2, -0.15) is 4.98 Å². The summed E-state index contributed by atoms with van der Waals surface area (Å²) in [7, 11) is 0. The Labute approximate surface area is 228 Å². The molecule has 204 valence electrons. The summed E-state index contributed by atoms with van der Waals surface area (Å²) < 4.78 is 10.8. The van der Waals surface area contributed by atoms with Gasteiger partial charge >= 0.3 is 5.76 Å². The molecule has 0 aliphatic carbocycles. The second-order valence-corrected chi connectivity index (χ2v) is 9.37. The molecule has 2 N–H and O–H groups in total. The first-order valence-electron chi connectivity index (χ1n) is 13.5. The number of hydrogen-bond acceptors (Lipinski definition) is 7. The fraction of sp³-hybridized carbons (Fsp3) is 0.367. The van der Waals surface area contributed by atoms with Gasteiger partial charge in [0.2, 0.25) is 11.8 Å². The SMILES string of the molecule is CCCCc1nc(C)nc(OCCCC(=O)NCC)c1Cc1ccc(-c2ccccc2-c2noc(=O)[nH]2)cc1. The molecule has 0 aliphatic heterocycles. The van der Waals surface area contributed by atoms with E-state index in [9.17, 15) is 9.59 Å². The minimum absolute atomic E-state index is 0.0281. The van der Waals surface area contributed by atoms with E-state index in [0.717, 1.165) is 52.8 Å². The van der Waals surface area contributed by atoms with Crippen molar-refractivity contribution in [1.82, 2.24) is 25.4 Å². The smallest absolute Gasteiger partial charge is 0.439 e. The fourth-order valence-corrected chi connectivity index (χ4v) is 4.45. The number of carbonyl (C=O) groups is 1. The van der Waals surface area contributed by atoms with Gasteiger partial charge in [0.15, 0.2) is 5.82 Å². The number of H-pyrrole nitrogens is 1. The molecule has 2 heterocycles. The first-order valence-corrected chi connectivity index (χ1v) is 13.5. The van der Waals surface area contributed by atoms with Gasteiger partial charge in [-0.25, -0.2) is 9.78 Å². The summed E-state index contributed by atoms with van der Waals surface area (Å²) in [5.74, 6) is 1.11. The number of carbonyl (C=O) groups excluding carboxylic acids is 1. The molecule has 2 aromatic carbocycles. The molecule has 0 bridgehead atoms. The molecule has 0 spiro atoms. The number of ether oxygens (including phenoxy) is 1. The van der Waals surface area contributed by atoms with Crippen molar-refractivity contribution in [2.45, 2.75) is 59.3 Å². The van der Waals surface area contributed by atoms with E-state index in [1.807, 2.05) is 38.1 Å². The number of benzene rings is 2. The lowest BCUT2D eigenvalue weighted by Crippen LogP contribution is -2.22. The van der Waals surface area contributed by atoms with Crippen LogP contribution in [0.25, 0.3) is 22.5 Å². The number of aryl methyl sites for hydroxylation is 2. The zero-order valence-corrected chi connectivity index (χ0v) is 22.8. The van der Waals surface area contributed by atoms with Gasteiger partial charge in [0, 0.05) is 30.5 Å². The predicted octanol–water partition coefficient (Wildman–Crippen LogP) is 5.02. The third kappa shape index (κ3) is 7.40. The van der Waals surface area contributed by atoms with Crippen molar-refractivity contribution in [3.05, 3.63) is 81.7 Å². The maximum Gasteiger partial charge on any atom is 0.439 e. The second kappa shape index (κ2) is 13.5. The summed E-state index contributed by atoms with van der Waals surface area (Å²) in [5.41, 5.74) is 5.81. The Hall–Kier alpha value is -4.27. The average Bonchev–Trinajstić information content (AvgIpc) is 3.38. The van der Waals surface area contributed by atoms with Crippen LogP contribution in [0.1, 0.15) is 62.2 Å². The summed E-state index contributed by atoms with van der Waals surface area (Å²) in [6, 6.07) is 16.0. The molecule has 4 rings (SSSR count).